The van der Waals surface area contributed by atoms with Crippen LogP contribution in [0.15, 0.2) is 18.2 Å². The molecule has 9 heteroatoms. The first-order chi connectivity index (χ1) is 10.8. The first-order valence-electron chi connectivity index (χ1n) is 7.01. The largest absolute Gasteiger partial charge is 0.489 e. The first-order valence-corrected chi connectivity index (χ1v) is 9.59. The van der Waals surface area contributed by atoms with Crippen LogP contribution >= 0.6 is 23.2 Å². The summed E-state index contributed by atoms with van der Waals surface area (Å²) in [6.07, 6.45) is -0.634. The zero-order chi connectivity index (χ0) is 17.0. The fourth-order valence-corrected chi connectivity index (χ4v) is 4.29. The smallest absolute Gasteiger partial charge is 0.224 e. The number of sulfone groups is 1. The standard InChI is InChI=1S/C14H17Cl2NO5S/c15-11-2-1-3-12(13(11)16)22-7-10(18)6-17-14(19)9-4-5-23(20,21)8-9/h1-3,9-10,18H,4-8H2,(H,17,19). The van der Waals surface area contributed by atoms with Crippen molar-refractivity contribution in [3.05, 3.63) is 28.2 Å². The van der Waals surface area contributed by atoms with Gasteiger partial charge >= 0.3 is 0 Å². The number of aliphatic hydroxyl groups excluding tert-OH is 1. The van der Waals surface area contributed by atoms with Crippen LogP contribution in [0.1, 0.15) is 6.42 Å². The van der Waals surface area contributed by atoms with E-state index in [1.54, 1.807) is 18.2 Å². The summed E-state index contributed by atoms with van der Waals surface area (Å²) < 4.78 is 28.0. The second-order valence-electron chi connectivity index (χ2n) is 5.36. The molecule has 0 aromatic heterocycles. The highest BCUT2D eigenvalue weighted by atomic mass is 35.5. The monoisotopic (exact) mass is 381 g/mol. The summed E-state index contributed by atoms with van der Waals surface area (Å²) in [6, 6.07) is 4.89. The Bertz CT molecular complexity index is 680. The van der Waals surface area contributed by atoms with Crippen molar-refractivity contribution in [1.29, 1.82) is 0 Å². The van der Waals surface area contributed by atoms with Crippen molar-refractivity contribution < 1.29 is 23.1 Å². The van der Waals surface area contributed by atoms with Crippen LogP contribution in [0.25, 0.3) is 0 Å². The topological polar surface area (TPSA) is 92.7 Å². The van der Waals surface area contributed by atoms with E-state index in [-0.39, 0.29) is 35.6 Å². The molecule has 1 heterocycles. The third-order valence-corrected chi connectivity index (χ3v) is 6.03. The number of aliphatic hydroxyl groups is 1. The second kappa shape index (κ2) is 7.70. The lowest BCUT2D eigenvalue weighted by molar-refractivity contribution is -0.124. The van der Waals surface area contributed by atoms with E-state index >= 15 is 0 Å². The van der Waals surface area contributed by atoms with Crippen LogP contribution in [0, 0.1) is 5.92 Å². The maximum Gasteiger partial charge on any atom is 0.224 e. The average Bonchev–Trinajstić information content (AvgIpc) is 2.86. The number of benzene rings is 1. The quantitative estimate of drug-likeness (QED) is 0.774. The van der Waals surface area contributed by atoms with Crippen LogP contribution in [-0.2, 0) is 14.6 Å². The molecule has 1 aliphatic rings. The van der Waals surface area contributed by atoms with Crippen molar-refractivity contribution in [2.24, 2.45) is 5.92 Å². The fraction of sp³-hybridized carbons (Fsp3) is 0.500. The van der Waals surface area contributed by atoms with Gasteiger partial charge < -0.3 is 15.2 Å². The highest BCUT2D eigenvalue weighted by Gasteiger charge is 2.32. The predicted molar refractivity (Wildman–Crippen MR) is 87.7 cm³/mol. The Kier molecular flexibility index (Phi) is 6.13. The van der Waals surface area contributed by atoms with Gasteiger partial charge in [-0.25, -0.2) is 8.42 Å². The van der Waals surface area contributed by atoms with Gasteiger partial charge in [0, 0.05) is 6.54 Å². The van der Waals surface area contributed by atoms with Gasteiger partial charge in [0.1, 0.15) is 23.5 Å². The zero-order valence-electron chi connectivity index (χ0n) is 12.2. The molecule has 0 spiro atoms. The van der Waals surface area contributed by atoms with E-state index in [4.69, 9.17) is 27.9 Å². The van der Waals surface area contributed by atoms with E-state index in [2.05, 4.69) is 5.32 Å². The van der Waals surface area contributed by atoms with Gasteiger partial charge in [-0.3, -0.25) is 4.79 Å². The van der Waals surface area contributed by atoms with Gasteiger partial charge in [-0.15, -0.1) is 0 Å². The van der Waals surface area contributed by atoms with Gasteiger partial charge in [-0.1, -0.05) is 29.3 Å². The Balaban J connectivity index is 1.76. The van der Waals surface area contributed by atoms with E-state index in [0.717, 1.165) is 0 Å². The predicted octanol–water partition coefficient (Wildman–Crippen LogP) is 1.28. The summed E-state index contributed by atoms with van der Waals surface area (Å²) in [5.41, 5.74) is 0. The minimum absolute atomic E-state index is 0.0318. The van der Waals surface area contributed by atoms with Crippen molar-refractivity contribution in [2.45, 2.75) is 12.5 Å². The molecule has 0 saturated carbocycles. The van der Waals surface area contributed by atoms with Gasteiger partial charge in [0.05, 0.1) is 22.4 Å². The van der Waals surface area contributed by atoms with E-state index in [1.807, 2.05) is 0 Å². The normalized spacial score (nSPS) is 20.9. The SMILES string of the molecule is O=C(NCC(O)COc1cccc(Cl)c1Cl)C1CCS(=O)(=O)C1. The molecular formula is C14H17Cl2NO5S. The highest BCUT2D eigenvalue weighted by Crippen LogP contribution is 2.31. The third kappa shape index (κ3) is 5.24. The van der Waals surface area contributed by atoms with Crippen molar-refractivity contribution >= 4 is 38.9 Å². The summed E-state index contributed by atoms with van der Waals surface area (Å²) in [5.74, 6) is -0.680. The molecule has 2 unspecified atom stereocenters. The Labute approximate surface area is 144 Å². The minimum atomic E-state index is -3.11. The molecule has 1 aromatic rings. The van der Waals surface area contributed by atoms with Crippen molar-refractivity contribution in [3.63, 3.8) is 0 Å². The number of rotatable bonds is 6. The van der Waals surface area contributed by atoms with Crippen LogP contribution in [-0.4, -0.2) is 50.2 Å². The van der Waals surface area contributed by atoms with Crippen molar-refractivity contribution in [1.82, 2.24) is 5.32 Å². The fourth-order valence-electron chi connectivity index (χ4n) is 2.20. The first kappa shape index (κ1) is 18.3. The Hall–Kier alpha value is -1.02. The van der Waals surface area contributed by atoms with Crippen LogP contribution in [0.5, 0.6) is 5.75 Å². The van der Waals surface area contributed by atoms with Crippen LogP contribution < -0.4 is 10.1 Å². The molecule has 0 radical (unpaired) electrons. The number of nitrogens with one attached hydrogen (secondary N) is 1. The Morgan fingerprint density at radius 2 is 2.17 bits per heavy atom. The number of ether oxygens (including phenoxy) is 1. The van der Waals surface area contributed by atoms with Crippen LogP contribution in [0.2, 0.25) is 10.0 Å². The third-order valence-electron chi connectivity index (χ3n) is 3.46. The number of carbonyl (C=O) groups is 1. The summed E-state index contributed by atoms with van der Waals surface area (Å²) in [7, 11) is -3.11. The molecular weight excluding hydrogens is 365 g/mol. The maximum absolute atomic E-state index is 11.8. The summed E-state index contributed by atoms with van der Waals surface area (Å²) in [6.45, 7) is -0.114. The van der Waals surface area contributed by atoms with E-state index < -0.39 is 21.9 Å². The van der Waals surface area contributed by atoms with Gasteiger partial charge in [-0.05, 0) is 18.6 Å². The number of carbonyl (C=O) groups excluding carboxylic acids is 1. The Morgan fingerprint density at radius 3 is 2.83 bits per heavy atom. The molecule has 1 fully saturated rings. The molecule has 0 bridgehead atoms. The lowest BCUT2D eigenvalue weighted by Gasteiger charge is -2.15. The molecule has 2 atom stereocenters. The average molecular weight is 382 g/mol. The summed E-state index contributed by atoms with van der Waals surface area (Å²) in [5, 5.41) is 13.0. The summed E-state index contributed by atoms with van der Waals surface area (Å²) >= 11 is 11.8. The number of amides is 1. The minimum Gasteiger partial charge on any atom is -0.489 e. The van der Waals surface area contributed by atoms with Crippen LogP contribution in [0.4, 0.5) is 0 Å². The van der Waals surface area contributed by atoms with Gasteiger partial charge in [0.25, 0.3) is 0 Å². The van der Waals surface area contributed by atoms with E-state index in [1.165, 1.54) is 0 Å². The molecule has 1 saturated heterocycles. The zero-order valence-corrected chi connectivity index (χ0v) is 14.5. The molecule has 0 aliphatic carbocycles. The lowest BCUT2D eigenvalue weighted by atomic mass is 10.1. The van der Waals surface area contributed by atoms with Crippen LogP contribution in [0.3, 0.4) is 0 Å². The lowest BCUT2D eigenvalue weighted by Crippen LogP contribution is -2.38. The molecule has 1 aliphatic heterocycles. The molecule has 1 aromatic carbocycles. The summed E-state index contributed by atoms with van der Waals surface area (Å²) in [4.78, 5) is 11.8. The van der Waals surface area contributed by atoms with E-state index in [0.29, 0.717) is 17.2 Å². The molecule has 1 amide bonds. The number of hydrogen-bond donors (Lipinski definition) is 2. The second-order valence-corrected chi connectivity index (χ2v) is 8.38. The highest BCUT2D eigenvalue weighted by molar-refractivity contribution is 7.91. The van der Waals surface area contributed by atoms with Crippen molar-refractivity contribution in [2.75, 3.05) is 24.7 Å². The van der Waals surface area contributed by atoms with Crippen molar-refractivity contribution in [3.8, 4) is 5.75 Å². The maximum atomic E-state index is 11.8. The van der Waals surface area contributed by atoms with Gasteiger partial charge in [0.2, 0.25) is 5.91 Å². The van der Waals surface area contributed by atoms with Gasteiger partial charge in [0.15, 0.2) is 9.84 Å². The number of hydrogen-bond acceptors (Lipinski definition) is 5. The molecule has 6 nitrogen and oxygen atoms in total. The molecule has 2 N–H and O–H groups in total. The Morgan fingerprint density at radius 1 is 1.43 bits per heavy atom. The van der Waals surface area contributed by atoms with Gasteiger partial charge in [-0.2, -0.15) is 0 Å². The van der Waals surface area contributed by atoms with E-state index in [9.17, 15) is 18.3 Å². The number of halogens is 2. The molecule has 128 valence electrons. The molecule has 23 heavy (non-hydrogen) atoms. The molecule has 2 rings (SSSR count).